The molecule has 0 aliphatic rings. The standard InChI is InChI=1S/C19H21N3O/c1-21(12-13-23)19-18-14-17(9-8-15(18)10-11-20-19)22(2)16-6-4-3-5-7-16/h3-11,14,23H,12-13H2,1-2H3. The average molecular weight is 307 g/mol. The first-order valence-electron chi connectivity index (χ1n) is 7.70. The number of likely N-dealkylation sites (N-methyl/N-ethyl adjacent to an activating group) is 1. The van der Waals surface area contributed by atoms with E-state index in [0.717, 1.165) is 28.0 Å². The summed E-state index contributed by atoms with van der Waals surface area (Å²) in [5, 5.41) is 11.4. The van der Waals surface area contributed by atoms with Crippen LogP contribution in [0, 0.1) is 0 Å². The molecule has 118 valence electrons. The van der Waals surface area contributed by atoms with E-state index < -0.39 is 0 Å². The van der Waals surface area contributed by atoms with E-state index in [4.69, 9.17) is 0 Å². The van der Waals surface area contributed by atoms with Crippen molar-refractivity contribution >= 4 is 28.0 Å². The Kier molecular flexibility index (Phi) is 4.44. The lowest BCUT2D eigenvalue weighted by molar-refractivity contribution is 0.304. The minimum Gasteiger partial charge on any atom is -0.395 e. The van der Waals surface area contributed by atoms with Crippen LogP contribution >= 0.6 is 0 Å². The molecule has 1 heterocycles. The Hall–Kier alpha value is -2.59. The summed E-state index contributed by atoms with van der Waals surface area (Å²) in [6, 6.07) is 18.7. The van der Waals surface area contributed by atoms with Crippen LogP contribution in [0.2, 0.25) is 0 Å². The first kappa shape index (κ1) is 15.3. The van der Waals surface area contributed by atoms with E-state index in [9.17, 15) is 5.11 Å². The average Bonchev–Trinajstić information content (AvgIpc) is 2.61. The van der Waals surface area contributed by atoms with Gasteiger partial charge in [0.2, 0.25) is 0 Å². The first-order valence-corrected chi connectivity index (χ1v) is 7.70. The lowest BCUT2D eigenvalue weighted by atomic mass is 10.1. The summed E-state index contributed by atoms with van der Waals surface area (Å²) >= 11 is 0. The minimum atomic E-state index is 0.109. The first-order chi connectivity index (χ1) is 11.2. The predicted molar refractivity (Wildman–Crippen MR) is 96.6 cm³/mol. The van der Waals surface area contributed by atoms with E-state index in [2.05, 4.69) is 47.3 Å². The van der Waals surface area contributed by atoms with Crippen molar-refractivity contribution < 1.29 is 5.11 Å². The molecule has 0 fully saturated rings. The molecule has 2 aromatic carbocycles. The van der Waals surface area contributed by atoms with Gasteiger partial charge in [0, 0.05) is 43.6 Å². The summed E-state index contributed by atoms with van der Waals surface area (Å²) in [5.74, 6) is 0.889. The molecule has 23 heavy (non-hydrogen) atoms. The third kappa shape index (κ3) is 3.12. The molecule has 0 spiro atoms. The van der Waals surface area contributed by atoms with Gasteiger partial charge in [-0.15, -0.1) is 0 Å². The lowest BCUT2D eigenvalue weighted by Crippen LogP contribution is -2.22. The normalized spacial score (nSPS) is 10.7. The highest BCUT2D eigenvalue weighted by Gasteiger charge is 2.10. The summed E-state index contributed by atoms with van der Waals surface area (Å²) < 4.78 is 0. The van der Waals surface area contributed by atoms with Crippen molar-refractivity contribution in [3.05, 3.63) is 60.8 Å². The lowest BCUT2D eigenvalue weighted by Gasteiger charge is -2.22. The van der Waals surface area contributed by atoms with Crippen LogP contribution in [-0.2, 0) is 0 Å². The van der Waals surface area contributed by atoms with Crippen LogP contribution in [0.15, 0.2) is 60.8 Å². The highest BCUT2D eigenvalue weighted by Crippen LogP contribution is 2.30. The summed E-state index contributed by atoms with van der Waals surface area (Å²) in [4.78, 5) is 8.63. The fraction of sp³-hybridized carbons (Fsp3) is 0.211. The van der Waals surface area contributed by atoms with E-state index in [0.29, 0.717) is 6.54 Å². The number of fused-ring (bicyclic) bond motifs is 1. The molecule has 0 radical (unpaired) electrons. The maximum absolute atomic E-state index is 9.18. The van der Waals surface area contributed by atoms with Gasteiger partial charge in [0.05, 0.1) is 6.61 Å². The van der Waals surface area contributed by atoms with Gasteiger partial charge in [-0.2, -0.15) is 0 Å². The Morgan fingerprint density at radius 1 is 0.957 bits per heavy atom. The molecule has 1 aromatic heterocycles. The topological polar surface area (TPSA) is 39.6 Å². The van der Waals surface area contributed by atoms with Gasteiger partial charge in [-0.25, -0.2) is 4.98 Å². The molecule has 3 rings (SSSR count). The molecule has 0 bridgehead atoms. The molecular weight excluding hydrogens is 286 g/mol. The van der Waals surface area contributed by atoms with E-state index in [1.807, 2.05) is 42.4 Å². The van der Waals surface area contributed by atoms with E-state index >= 15 is 0 Å². The van der Waals surface area contributed by atoms with Crippen molar-refractivity contribution in [3.8, 4) is 0 Å². The number of aliphatic hydroxyl groups is 1. The number of benzene rings is 2. The molecule has 0 saturated carbocycles. The SMILES string of the molecule is CN(CCO)c1nccc2ccc(N(C)c3ccccc3)cc12. The number of aliphatic hydroxyl groups excluding tert-OH is 1. The zero-order valence-corrected chi connectivity index (χ0v) is 13.5. The summed E-state index contributed by atoms with van der Waals surface area (Å²) in [6.45, 7) is 0.670. The van der Waals surface area contributed by atoms with Crippen molar-refractivity contribution in [2.24, 2.45) is 0 Å². The zero-order chi connectivity index (χ0) is 16.2. The summed E-state index contributed by atoms with van der Waals surface area (Å²) in [5.41, 5.74) is 2.25. The van der Waals surface area contributed by atoms with Crippen molar-refractivity contribution in [1.29, 1.82) is 0 Å². The molecule has 0 aliphatic carbocycles. The van der Waals surface area contributed by atoms with Crippen LogP contribution in [-0.4, -0.2) is 37.3 Å². The van der Waals surface area contributed by atoms with Crippen molar-refractivity contribution in [2.75, 3.05) is 37.0 Å². The predicted octanol–water partition coefficient (Wildman–Crippen LogP) is 3.43. The van der Waals surface area contributed by atoms with E-state index in [1.165, 1.54) is 0 Å². The van der Waals surface area contributed by atoms with Crippen LogP contribution in [0.5, 0.6) is 0 Å². The molecule has 0 unspecified atom stereocenters. The molecule has 0 amide bonds. The minimum absolute atomic E-state index is 0.109. The second-order valence-electron chi connectivity index (χ2n) is 5.58. The van der Waals surface area contributed by atoms with Gasteiger partial charge in [-0.1, -0.05) is 24.3 Å². The molecule has 0 atom stereocenters. The monoisotopic (exact) mass is 307 g/mol. The molecule has 4 heteroatoms. The van der Waals surface area contributed by atoms with Gasteiger partial charge in [-0.05, 0) is 35.7 Å². The van der Waals surface area contributed by atoms with Crippen molar-refractivity contribution in [1.82, 2.24) is 4.98 Å². The number of nitrogens with zero attached hydrogens (tertiary/aromatic N) is 3. The van der Waals surface area contributed by atoms with Gasteiger partial charge in [-0.3, -0.25) is 0 Å². The van der Waals surface area contributed by atoms with Gasteiger partial charge >= 0.3 is 0 Å². The number of aromatic nitrogens is 1. The third-order valence-electron chi connectivity index (χ3n) is 4.06. The van der Waals surface area contributed by atoms with Gasteiger partial charge in [0.15, 0.2) is 0 Å². The van der Waals surface area contributed by atoms with Crippen LogP contribution in [0.1, 0.15) is 0 Å². The fourth-order valence-electron chi connectivity index (χ4n) is 2.71. The number of hydrogen-bond donors (Lipinski definition) is 1. The van der Waals surface area contributed by atoms with Crippen LogP contribution in [0.25, 0.3) is 10.8 Å². The zero-order valence-electron chi connectivity index (χ0n) is 13.5. The summed E-state index contributed by atoms with van der Waals surface area (Å²) in [7, 11) is 4.01. The fourth-order valence-corrected chi connectivity index (χ4v) is 2.71. The Bertz CT molecular complexity index is 789. The van der Waals surface area contributed by atoms with Gasteiger partial charge in [0.25, 0.3) is 0 Å². The van der Waals surface area contributed by atoms with Crippen molar-refractivity contribution in [2.45, 2.75) is 0 Å². The van der Waals surface area contributed by atoms with Crippen LogP contribution < -0.4 is 9.80 Å². The van der Waals surface area contributed by atoms with Gasteiger partial charge in [0.1, 0.15) is 5.82 Å². The quantitative estimate of drug-likeness (QED) is 0.784. The second-order valence-corrected chi connectivity index (χ2v) is 5.58. The Balaban J connectivity index is 2.05. The highest BCUT2D eigenvalue weighted by atomic mass is 16.3. The highest BCUT2D eigenvalue weighted by molar-refractivity contribution is 5.95. The smallest absolute Gasteiger partial charge is 0.136 e. The second kappa shape index (κ2) is 6.67. The number of anilines is 3. The third-order valence-corrected chi connectivity index (χ3v) is 4.06. The molecule has 4 nitrogen and oxygen atoms in total. The maximum Gasteiger partial charge on any atom is 0.136 e. The molecule has 3 aromatic rings. The Morgan fingerprint density at radius 2 is 1.74 bits per heavy atom. The van der Waals surface area contributed by atoms with E-state index in [1.54, 1.807) is 0 Å². The molecule has 0 saturated heterocycles. The largest absolute Gasteiger partial charge is 0.395 e. The van der Waals surface area contributed by atoms with Gasteiger partial charge < -0.3 is 14.9 Å². The molecule has 0 aliphatic heterocycles. The molecular formula is C19H21N3O. The van der Waals surface area contributed by atoms with Crippen molar-refractivity contribution in [3.63, 3.8) is 0 Å². The van der Waals surface area contributed by atoms with E-state index in [-0.39, 0.29) is 6.61 Å². The Labute approximate surface area is 136 Å². The number of hydrogen-bond acceptors (Lipinski definition) is 4. The molecule has 1 N–H and O–H groups in total. The van der Waals surface area contributed by atoms with Crippen LogP contribution in [0.3, 0.4) is 0 Å². The summed E-state index contributed by atoms with van der Waals surface area (Å²) in [6.07, 6.45) is 1.81. The number of pyridine rings is 1. The number of para-hydroxylation sites is 1. The Morgan fingerprint density at radius 3 is 2.48 bits per heavy atom. The maximum atomic E-state index is 9.18. The van der Waals surface area contributed by atoms with Crippen LogP contribution in [0.4, 0.5) is 17.2 Å². The number of rotatable bonds is 5.